The Morgan fingerprint density at radius 1 is 0.412 bits per heavy atom. The lowest BCUT2D eigenvalue weighted by Gasteiger charge is -2.15. The summed E-state index contributed by atoms with van der Waals surface area (Å²) in [6.45, 7) is 0. The van der Waals surface area contributed by atoms with Crippen LogP contribution in [-0.4, -0.2) is 4.57 Å². The standard InChI is InChI=1S/C48H32N2S/c1-4-12-34(13-5-1)41-30-35(24-27-43(41)49-37-14-6-2-7-15-37)32-20-22-33(23-21-32)36-25-28-44-42(31-36)47-45(50(44)38-16-8-3-9-17-38)29-26-40-39-18-10-11-19-46(39)51-48(40)47/h1-31,49H. The van der Waals surface area contributed by atoms with Crippen molar-refractivity contribution in [2.75, 3.05) is 5.32 Å². The third kappa shape index (κ3) is 5.10. The summed E-state index contributed by atoms with van der Waals surface area (Å²) in [4.78, 5) is 0. The minimum absolute atomic E-state index is 1.07. The fourth-order valence-corrected chi connectivity index (χ4v) is 8.80. The molecule has 0 aliphatic heterocycles. The van der Waals surface area contributed by atoms with Crippen LogP contribution in [0.4, 0.5) is 11.4 Å². The van der Waals surface area contributed by atoms with E-state index in [9.17, 15) is 0 Å². The lowest BCUT2D eigenvalue weighted by molar-refractivity contribution is 1.18. The van der Waals surface area contributed by atoms with Crippen LogP contribution in [-0.2, 0) is 0 Å². The van der Waals surface area contributed by atoms with Crippen molar-refractivity contribution in [1.82, 2.24) is 4.57 Å². The van der Waals surface area contributed by atoms with Crippen molar-refractivity contribution in [3.8, 4) is 39.1 Å². The first kappa shape index (κ1) is 29.5. The fraction of sp³-hybridized carbons (Fsp3) is 0. The van der Waals surface area contributed by atoms with Crippen molar-refractivity contribution < 1.29 is 0 Å². The number of nitrogens with zero attached hydrogens (tertiary/aromatic N) is 1. The van der Waals surface area contributed by atoms with E-state index in [1.165, 1.54) is 81.0 Å². The highest BCUT2D eigenvalue weighted by Gasteiger charge is 2.18. The molecule has 2 aromatic heterocycles. The van der Waals surface area contributed by atoms with Crippen LogP contribution in [0.5, 0.6) is 0 Å². The zero-order valence-corrected chi connectivity index (χ0v) is 28.6. The summed E-state index contributed by atoms with van der Waals surface area (Å²) in [7, 11) is 0. The van der Waals surface area contributed by atoms with Crippen LogP contribution >= 0.6 is 11.3 Å². The number of hydrogen-bond donors (Lipinski definition) is 1. The highest BCUT2D eigenvalue weighted by Crippen LogP contribution is 2.44. The van der Waals surface area contributed by atoms with Gasteiger partial charge in [-0.3, -0.25) is 0 Å². The van der Waals surface area contributed by atoms with E-state index in [1.54, 1.807) is 0 Å². The highest BCUT2D eigenvalue weighted by atomic mass is 32.1. The number of rotatable bonds is 6. The number of thiophene rings is 1. The number of para-hydroxylation sites is 2. The summed E-state index contributed by atoms with van der Waals surface area (Å²) >= 11 is 1.90. The van der Waals surface area contributed by atoms with Crippen molar-refractivity contribution in [2.24, 2.45) is 0 Å². The normalized spacial score (nSPS) is 11.5. The molecule has 2 nitrogen and oxygen atoms in total. The van der Waals surface area contributed by atoms with Crippen LogP contribution in [0.2, 0.25) is 0 Å². The van der Waals surface area contributed by atoms with Gasteiger partial charge in [0, 0.05) is 53.6 Å². The van der Waals surface area contributed by atoms with E-state index in [0.29, 0.717) is 0 Å². The van der Waals surface area contributed by atoms with Gasteiger partial charge in [-0.15, -0.1) is 11.3 Å². The second-order valence-electron chi connectivity index (χ2n) is 13.0. The molecule has 0 bridgehead atoms. The average molecular weight is 669 g/mol. The Morgan fingerprint density at radius 2 is 1.02 bits per heavy atom. The predicted molar refractivity (Wildman–Crippen MR) is 220 cm³/mol. The van der Waals surface area contributed by atoms with Gasteiger partial charge in [-0.05, 0) is 88.5 Å². The van der Waals surface area contributed by atoms with E-state index in [0.717, 1.165) is 11.4 Å². The Hall–Kier alpha value is -6.42. The Bertz CT molecular complexity index is 2850. The van der Waals surface area contributed by atoms with Gasteiger partial charge in [0.25, 0.3) is 0 Å². The lowest BCUT2D eigenvalue weighted by atomic mass is 9.95. The number of benzene rings is 8. The summed E-state index contributed by atoms with van der Waals surface area (Å²) in [5, 5.41) is 8.89. The van der Waals surface area contributed by atoms with E-state index in [4.69, 9.17) is 0 Å². The number of aromatic nitrogens is 1. The summed E-state index contributed by atoms with van der Waals surface area (Å²) < 4.78 is 5.09. The van der Waals surface area contributed by atoms with E-state index in [1.807, 2.05) is 17.4 Å². The van der Waals surface area contributed by atoms with Gasteiger partial charge < -0.3 is 9.88 Å². The van der Waals surface area contributed by atoms with Crippen molar-refractivity contribution >= 4 is 64.7 Å². The van der Waals surface area contributed by atoms with Crippen LogP contribution in [0.15, 0.2) is 188 Å². The lowest BCUT2D eigenvalue weighted by Crippen LogP contribution is -1.94. The van der Waals surface area contributed by atoms with E-state index in [2.05, 4.69) is 192 Å². The quantitative estimate of drug-likeness (QED) is 0.187. The third-order valence-corrected chi connectivity index (χ3v) is 11.2. The Kier molecular flexibility index (Phi) is 7.04. The molecule has 0 aliphatic rings. The largest absolute Gasteiger partial charge is 0.355 e. The minimum Gasteiger partial charge on any atom is -0.355 e. The summed E-state index contributed by atoms with van der Waals surface area (Å²) in [5.41, 5.74) is 13.0. The molecule has 0 aliphatic carbocycles. The molecule has 0 saturated heterocycles. The van der Waals surface area contributed by atoms with Crippen LogP contribution in [0.3, 0.4) is 0 Å². The Morgan fingerprint density at radius 3 is 1.78 bits per heavy atom. The van der Waals surface area contributed by atoms with Crippen LogP contribution in [0, 0.1) is 0 Å². The van der Waals surface area contributed by atoms with Crippen molar-refractivity contribution in [3.63, 3.8) is 0 Å². The number of fused-ring (bicyclic) bond motifs is 7. The maximum absolute atomic E-state index is 3.64. The molecule has 0 unspecified atom stereocenters. The second-order valence-corrected chi connectivity index (χ2v) is 14.1. The van der Waals surface area contributed by atoms with Crippen LogP contribution in [0.1, 0.15) is 0 Å². The van der Waals surface area contributed by atoms with Gasteiger partial charge in [-0.25, -0.2) is 0 Å². The van der Waals surface area contributed by atoms with Gasteiger partial charge in [0.15, 0.2) is 0 Å². The molecule has 0 atom stereocenters. The molecule has 2 heterocycles. The first-order valence-corrected chi connectivity index (χ1v) is 18.2. The SMILES string of the molecule is c1ccc(Nc2ccc(-c3ccc(-c4ccc5c(c4)c4c6sc7ccccc7c6ccc4n5-c4ccccc4)cc3)cc2-c2ccccc2)cc1. The molecular formula is C48H32N2S. The molecule has 8 aromatic carbocycles. The van der Waals surface area contributed by atoms with Gasteiger partial charge in [0.2, 0.25) is 0 Å². The molecule has 0 saturated carbocycles. The maximum Gasteiger partial charge on any atom is 0.0555 e. The molecule has 1 N–H and O–H groups in total. The first-order valence-electron chi connectivity index (χ1n) is 17.3. The average Bonchev–Trinajstić information content (AvgIpc) is 3.75. The first-order chi connectivity index (χ1) is 25.3. The van der Waals surface area contributed by atoms with Gasteiger partial charge in [0.1, 0.15) is 0 Å². The van der Waals surface area contributed by atoms with Crippen molar-refractivity contribution in [1.29, 1.82) is 0 Å². The summed E-state index contributed by atoms with van der Waals surface area (Å²) in [5.74, 6) is 0. The summed E-state index contributed by atoms with van der Waals surface area (Å²) in [6.07, 6.45) is 0. The molecule has 3 heteroatoms. The summed E-state index contributed by atoms with van der Waals surface area (Å²) in [6, 6.07) is 67.8. The van der Waals surface area contributed by atoms with E-state index < -0.39 is 0 Å². The van der Waals surface area contributed by atoms with Crippen molar-refractivity contribution in [2.45, 2.75) is 0 Å². The molecule has 51 heavy (non-hydrogen) atoms. The predicted octanol–water partition coefficient (Wildman–Crippen LogP) is 13.9. The Labute approximate surface area is 300 Å². The number of nitrogens with one attached hydrogen (secondary N) is 1. The van der Waals surface area contributed by atoms with Gasteiger partial charge in [-0.1, -0.05) is 127 Å². The number of hydrogen-bond acceptors (Lipinski definition) is 2. The zero-order chi connectivity index (χ0) is 33.7. The molecule has 0 fully saturated rings. The molecule has 0 spiro atoms. The van der Waals surface area contributed by atoms with E-state index >= 15 is 0 Å². The van der Waals surface area contributed by atoms with Crippen LogP contribution in [0.25, 0.3) is 81.0 Å². The topological polar surface area (TPSA) is 17.0 Å². The molecule has 0 amide bonds. The van der Waals surface area contributed by atoms with Gasteiger partial charge >= 0.3 is 0 Å². The van der Waals surface area contributed by atoms with Crippen molar-refractivity contribution in [3.05, 3.63) is 188 Å². The minimum atomic E-state index is 1.07. The smallest absolute Gasteiger partial charge is 0.0555 e. The zero-order valence-electron chi connectivity index (χ0n) is 27.8. The molecule has 10 aromatic rings. The maximum atomic E-state index is 3.64. The third-order valence-electron chi connectivity index (χ3n) is 10.00. The molecule has 10 rings (SSSR count). The van der Waals surface area contributed by atoms with Gasteiger partial charge in [-0.2, -0.15) is 0 Å². The van der Waals surface area contributed by atoms with Gasteiger partial charge in [0.05, 0.1) is 11.0 Å². The van der Waals surface area contributed by atoms with E-state index in [-0.39, 0.29) is 0 Å². The molecular weight excluding hydrogens is 637 g/mol. The Balaban J connectivity index is 1.08. The molecule has 240 valence electrons. The highest BCUT2D eigenvalue weighted by molar-refractivity contribution is 7.26. The van der Waals surface area contributed by atoms with Crippen LogP contribution < -0.4 is 5.32 Å². The monoisotopic (exact) mass is 668 g/mol. The fourth-order valence-electron chi connectivity index (χ4n) is 7.54. The number of anilines is 2. The molecule has 0 radical (unpaired) electrons. The second kappa shape index (κ2) is 12.2.